The monoisotopic (exact) mass is 241 g/mol. The molecule has 0 heterocycles. The van der Waals surface area contributed by atoms with Crippen LogP contribution in [-0.4, -0.2) is 11.7 Å². The Morgan fingerprint density at radius 2 is 1.67 bits per heavy atom. The number of aryl methyl sites for hydroxylation is 1. The first-order valence-electron chi connectivity index (χ1n) is 6.29. The number of aliphatic hydroxyl groups excluding tert-OH is 1. The molecule has 0 spiro atoms. The van der Waals surface area contributed by atoms with E-state index in [0.717, 1.165) is 17.8 Å². The van der Waals surface area contributed by atoms with Crippen LogP contribution in [0.1, 0.15) is 23.7 Å². The first-order valence-corrected chi connectivity index (χ1v) is 6.29. The van der Waals surface area contributed by atoms with Crippen LogP contribution in [0.2, 0.25) is 0 Å². The highest BCUT2D eigenvalue weighted by molar-refractivity contribution is 5.44. The second-order valence-electron chi connectivity index (χ2n) is 4.51. The number of hydrogen-bond donors (Lipinski definition) is 2. The van der Waals surface area contributed by atoms with Crippen molar-refractivity contribution in [3.63, 3.8) is 0 Å². The molecule has 2 heteroatoms. The fraction of sp³-hybridized carbons (Fsp3) is 0.250. The molecule has 0 radical (unpaired) electrons. The maximum atomic E-state index is 10.0. The first kappa shape index (κ1) is 12.7. The molecule has 0 amide bonds. The summed E-state index contributed by atoms with van der Waals surface area (Å²) in [7, 11) is 0. The van der Waals surface area contributed by atoms with Gasteiger partial charge >= 0.3 is 0 Å². The van der Waals surface area contributed by atoms with Crippen molar-refractivity contribution in [3.8, 4) is 0 Å². The molecule has 0 aliphatic heterocycles. The molecule has 0 aliphatic carbocycles. The number of nitrogens with one attached hydrogen (secondary N) is 1. The van der Waals surface area contributed by atoms with Crippen LogP contribution < -0.4 is 5.32 Å². The molecule has 0 saturated heterocycles. The molecule has 1 unspecified atom stereocenters. The molecular weight excluding hydrogens is 222 g/mol. The van der Waals surface area contributed by atoms with Gasteiger partial charge in [-0.05, 0) is 31.0 Å². The molecular formula is C16H19NO. The Bertz CT molecular complexity index is 464. The molecule has 18 heavy (non-hydrogen) atoms. The number of benzene rings is 2. The zero-order chi connectivity index (χ0) is 12.8. The topological polar surface area (TPSA) is 32.3 Å². The van der Waals surface area contributed by atoms with Crippen LogP contribution in [0.25, 0.3) is 0 Å². The molecule has 0 bridgehead atoms. The summed E-state index contributed by atoms with van der Waals surface area (Å²) in [5.74, 6) is 0. The third-order valence-electron chi connectivity index (χ3n) is 2.98. The standard InChI is InChI=1S/C16H19NO/c1-13-7-9-15(10-8-13)17-12-11-16(18)14-5-3-2-4-6-14/h2-10,16-18H,11-12H2,1H3. The highest BCUT2D eigenvalue weighted by atomic mass is 16.3. The van der Waals surface area contributed by atoms with Crippen molar-refractivity contribution in [1.29, 1.82) is 0 Å². The van der Waals surface area contributed by atoms with Gasteiger partial charge in [0.15, 0.2) is 0 Å². The highest BCUT2D eigenvalue weighted by Gasteiger charge is 2.05. The van der Waals surface area contributed by atoms with Crippen molar-refractivity contribution < 1.29 is 5.11 Å². The van der Waals surface area contributed by atoms with E-state index in [-0.39, 0.29) is 0 Å². The Kier molecular flexibility index (Phi) is 4.37. The van der Waals surface area contributed by atoms with Crippen LogP contribution in [-0.2, 0) is 0 Å². The van der Waals surface area contributed by atoms with E-state index >= 15 is 0 Å². The van der Waals surface area contributed by atoms with Gasteiger partial charge in [-0.3, -0.25) is 0 Å². The van der Waals surface area contributed by atoms with Crippen molar-refractivity contribution in [2.24, 2.45) is 0 Å². The van der Waals surface area contributed by atoms with Crippen LogP contribution in [0, 0.1) is 6.92 Å². The lowest BCUT2D eigenvalue weighted by molar-refractivity contribution is 0.171. The van der Waals surface area contributed by atoms with Crippen LogP contribution in [0.5, 0.6) is 0 Å². The third kappa shape index (κ3) is 3.60. The Labute approximate surface area is 108 Å². The Morgan fingerprint density at radius 3 is 2.33 bits per heavy atom. The number of hydrogen-bond acceptors (Lipinski definition) is 2. The van der Waals surface area contributed by atoms with Crippen molar-refractivity contribution in [1.82, 2.24) is 0 Å². The Morgan fingerprint density at radius 1 is 1.00 bits per heavy atom. The van der Waals surface area contributed by atoms with Crippen molar-refractivity contribution in [3.05, 3.63) is 65.7 Å². The summed E-state index contributed by atoms with van der Waals surface area (Å²) in [5.41, 5.74) is 3.33. The summed E-state index contributed by atoms with van der Waals surface area (Å²) in [6.07, 6.45) is 0.307. The van der Waals surface area contributed by atoms with Gasteiger partial charge < -0.3 is 10.4 Å². The predicted molar refractivity (Wildman–Crippen MR) is 75.7 cm³/mol. The Balaban J connectivity index is 1.80. The van der Waals surface area contributed by atoms with E-state index < -0.39 is 6.10 Å². The van der Waals surface area contributed by atoms with E-state index in [9.17, 15) is 5.11 Å². The van der Waals surface area contributed by atoms with Crippen molar-refractivity contribution in [2.75, 3.05) is 11.9 Å². The molecule has 1 atom stereocenters. The number of rotatable bonds is 5. The van der Waals surface area contributed by atoms with E-state index in [1.165, 1.54) is 5.56 Å². The van der Waals surface area contributed by atoms with Crippen LogP contribution in [0.15, 0.2) is 54.6 Å². The molecule has 0 saturated carbocycles. The van der Waals surface area contributed by atoms with Crippen molar-refractivity contribution >= 4 is 5.69 Å². The van der Waals surface area contributed by atoms with Gasteiger partial charge in [0, 0.05) is 12.2 Å². The summed E-state index contributed by atoms with van der Waals surface area (Å²) in [4.78, 5) is 0. The normalized spacial score (nSPS) is 12.1. The predicted octanol–water partition coefficient (Wildman–Crippen LogP) is 3.53. The molecule has 2 aromatic carbocycles. The third-order valence-corrected chi connectivity index (χ3v) is 2.98. The molecule has 2 rings (SSSR count). The van der Waals surface area contributed by atoms with Gasteiger partial charge in [0.25, 0.3) is 0 Å². The van der Waals surface area contributed by atoms with Gasteiger partial charge in [-0.25, -0.2) is 0 Å². The summed E-state index contributed by atoms with van der Waals surface area (Å²) in [5, 5.41) is 13.3. The van der Waals surface area contributed by atoms with E-state index in [1.807, 2.05) is 30.3 Å². The second-order valence-corrected chi connectivity index (χ2v) is 4.51. The molecule has 94 valence electrons. The van der Waals surface area contributed by atoms with Crippen LogP contribution in [0.4, 0.5) is 5.69 Å². The first-order chi connectivity index (χ1) is 8.75. The number of aliphatic hydroxyl groups is 1. The van der Waals surface area contributed by atoms with E-state index in [0.29, 0.717) is 6.42 Å². The largest absolute Gasteiger partial charge is 0.388 e. The maximum absolute atomic E-state index is 10.0. The zero-order valence-corrected chi connectivity index (χ0v) is 10.6. The van der Waals surface area contributed by atoms with Gasteiger partial charge in [0.05, 0.1) is 6.10 Å². The van der Waals surface area contributed by atoms with Crippen LogP contribution in [0.3, 0.4) is 0 Å². The second kappa shape index (κ2) is 6.22. The van der Waals surface area contributed by atoms with E-state index in [1.54, 1.807) is 0 Å². The quantitative estimate of drug-likeness (QED) is 0.839. The summed E-state index contributed by atoms with van der Waals surface area (Å²) < 4.78 is 0. The average molecular weight is 241 g/mol. The van der Waals surface area contributed by atoms with Gasteiger partial charge in [-0.15, -0.1) is 0 Å². The minimum absolute atomic E-state index is 0.399. The minimum Gasteiger partial charge on any atom is -0.388 e. The minimum atomic E-state index is -0.399. The lowest BCUT2D eigenvalue weighted by atomic mass is 10.1. The summed E-state index contributed by atoms with van der Waals surface area (Å²) in [6.45, 7) is 2.84. The lowest BCUT2D eigenvalue weighted by Gasteiger charge is -2.12. The summed E-state index contributed by atoms with van der Waals surface area (Å²) in [6, 6.07) is 18.0. The number of anilines is 1. The van der Waals surface area contributed by atoms with E-state index in [4.69, 9.17) is 0 Å². The zero-order valence-electron chi connectivity index (χ0n) is 10.6. The van der Waals surface area contributed by atoms with Crippen LogP contribution >= 0.6 is 0 Å². The fourth-order valence-electron chi connectivity index (χ4n) is 1.87. The SMILES string of the molecule is Cc1ccc(NCCC(O)c2ccccc2)cc1. The summed E-state index contributed by atoms with van der Waals surface area (Å²) >= 11 is 0. The average Bonchev–Trinajstić information content (AvgIpc) is 2.42. The van der Waals surface area contributed by atoms with Gasteiger partial charge in [-0.2, -0.15) is 0 Å². The molecule has 0 aromatic heterocycles. The van der Waals surface area contributed by atoms with E-state index in [2.05, 4.69) is 36.5 Å². The smallest absolute Gasteiger partial charge is 0.0806 e. The van der Waals surface area contributed by atoms with Gasteiger partial charge in [0.2, 0.25) is 0 Å². The molecule has 2 nitrogen and oxygen atoms in total. The molecule has 0 aliphatic rings. The molecule has 2 aromatic rings. The Hall–Kier alpha value is -1.80. The highest BCUT2D eigenvalue weighted by Crippen LogP contribution is 2.16. The molecule has 2 N–H and O–H groups in total. The molecule has 0 fully saturated rings. The fourth-order valence-corrected chi connectivity index (χ4v) is 1.87. The lowest BCUT2D eigenvalue weighted by Crippen LogP contribution is -2.07. The van der Waals surface area contributed by atoms with Gasteiger partial charge in [-0.1, -0.05) is 48.0 Å². The van der Waals surface area contributed by atoms with Crippen molar-refractivity contribution in [2.45, 2.75) is 19.4 Å². The van der Waals surface area contributed by atoms with Gasteiger partial charge in [0.1, 0.15) is 0 Å². The maximum Gasteiger partial charge on any atom is 0.0806 e.